The standard InChI is InChI=1S/C17H15ClF3N3O3S/c1-2-11(18)14(26)23-13-9(4-3-5-10(13)17(19,20)21)8-12(25)15(27)24-16-22-6-7-28-16/h3-7,11H,2,8H2,1H3,(H,23,26)(H,22,24,27). The first-order chi connectivity index (χ1) is 13.1. The van der Waals surface area contributed by atoms with Gasteiger partial charge < -0.3 is 5.32 Å². The Kier molecular flexibility index (Phi) is 7.14. The highest BCUT2D eigenvalue weighted by molar-refractivity contribution is 7.13. The number of para-hydroxylation sites is 1. The number of alkyl halides is 4. The van der Waals surface area contributed by atoms with Crippen LogP contribution in [0.1, 0.15) is 24.5 Å². The van der Waals surface area contributed by atoms with Crippen molar-refractivity contribution in [3.8, 4) is 0 Å². The van der Waals surface area contributed by atoms with E-state index >= 15 is 0 Å². The third kappa shape index (κ3) is 5.52. The highest BCUT2D eigenvalue weighted by Crippen LogP contribution is 2.37. The van der Waals surface area contributed by atoms with Crippen LogP contribution in [0.5, 0.6) is 0 Å². The van der Waals surface area contributed by atoms with Crippen LogP contribution >= 0.6 is 22.9 Å². The van der Waals surface area contributed by atoms with Crippen molar-refractivity contribution in [3.05, 3.63) is 40.9 Å². The number of halogens is 4. The van der Waals surface area contributed by atoms with E-state index in [1.165, 1.54) is 12.3 Å². The summed E-state index contributed by atoms with van der Waals surface area (Å²) in [6.45, 7) is 1.60. The van der Waals surface area contributed by atoms with E-state index in [0.29, 0.717) is 0 Å². The molecule has 1 aromatic heterocycles. The minimum atomic E-state index is -4.78. The van der Waals surface area contributed by atoms with Crippen molar-refractivity contribution in [2.24, 2.45) is 0 Å². The molecule has 1 heterocycles. The molecular weight excluding hydrogens is 419 g/mol. The highest BCUT2D eigenvalue weighted by atomic mass is 35.5. The number of nitrogens with one attached hydrogen (secondary N) is 2. The number of nitrogens with zero attached hydrogens (tertiary/aromatic N) is 1. The van der Waals surface area contributed by atoms with Gasteiger partial charge in [-0.1, -0.05) is 19.1 Å². The van der Waals surface area contributed by atoms with Crippen LogP contribution in [0.2, 0.25) is 0 Å². The molecular formula is C17H15ClF3N3O3S. The molecule has 2 rings (SSSR count). The summed E-state index contributed by atoms with van der Waals surface area (Å²) in [5.41, 5.74) is -1.87. The normalized spacial score (nSPS) is 12.3. The maximum Gasteiger partial charge on any atom is 0.418 e. The molecule has 0 fully saturated rings. The summed E-state index contributed by atoms with van der Waals surface area (Å²) >= 11 is 6.87. The second-order valence-corrected chi connectivity index (χ2v) is 7.02. The number of amides is 2. The number of carbonyl (C=O) groups is 3. The van der Waals surface area contributed by atoms with Gasteiger partial charge >= 0.3 is 6.18 Å². The predicted molar refractivity (Wildman–Crippen MR) is 99.5 cm³/mol. The average molecular weight is 434 g/mol. The van der Waals surface area contributed by atoms with Gasteiger partial charge in [0.1, 0.15) is 5.38 Å². The van der Waals surface area contributed by atoms with E-state index in [4.69, 9.17) is 11.6 Å². The summed E-state index contributed by atoms with van der Waals surface area (Å²) in [5.74, 6) is -2.84. The number of carbonyl (C=O) groups excluding carboxylic acids is 3. The molecule has 0 bridgehead atoms. The summed E-state index contributed by atoms with van der Waals surface area (Å²) in [4.78, 5) is 39.9. The van der Waals surface area contributed by atoms with E-state index < -0.39 is 46.8 Å². The lowest BCUT2D eigenvalue weighted by Gasteiger charge is -2.18. The number of thiazole rings is 1. The zero-order valence-corrected chi connectivity index (χ0v) is 16.0. The van der Waals surface area contributed by atoms with E-state index in [9.17, 15) is 27.6 Å². The van der Waals surface area contributed by atoms with Crippen LogP contribution in [0, 0.1) is 0 Å². The third-order valence-corrected chi connectivity index (χ3v) is 4.80. The molecule has 0 saturated carbocycles. The van der Waals surface area contributed by atoms with Gasteiger partial charge in [-0.2, -0.15) is 13.2 Å². The number of Topliss-reactive ketones (excluding diaryl/α,β-unsaturated/α-hetero) is 1. The van der Waals surface area contributed by atoms with E-state index in [1.54, 1.807) is 12.3 Å². The fourth-order valence-electron chi connectivity index (χ4n) is 2.22. The van der Waals surface area contributed by atoms with Gasteiger partial charge in [0, 0.05) is 18.0 Å². The molecule has 2 aromatic rings. The summed E-state index contributed by atoms with van der Waals surface area (Å²) < 4.78 is 40.1. The van der Waals surface area contributed by atoms with Crippen molar-refractivity contribution in [3.63, 3.8) is 0 Å². The van der Waals surface area contributed by atoms with Gasteiger partial charge in [0.2, 0.25) is 11.7 Å². The molecule has 0 aliphatic rings. The molecule has 0 saturated heterocycles. The Morgan fingerprint density at radius 2 is 1.96 bits per heavy atom. The smallest absolute Gasteiger partial charge is 0.324 e. The molecule has 0 aliphatic carbocycles. The first kappa shape index (κ1) is 21.8. The fourth-order valence-corrected chi connectivity index (χ4v) is 2.80. The highest BCUT2D eigenvalue weighted by Gasteiger charge is 2.35. The van der Waals surface area contributed by atoms with E-state index in [2.05, 4.69) is 15.6 Å². The quantitative estimate of drug-likeness (QED) is 0.512. The summed E-state index contributed by atoms with van der Waals surface area (Å²) in [6.07, 6.45) is -3.80. The lowest BCUT2D eigenvalue weighted by atomic mass is 10.0. The van der Waals surface area contributed by atoms with Crippen molar-refractivity contribution in [2.75, 3.05) is 10.6 Å². The van der Waals surface area contributed by atoms with E-state index in [-0.39, 0.29) is 17.1 Å². The van der Waals surface area contributed by atoms with Crippen LogP contribution in [0.25, 0.3) is 0 Å². The van der Waals surface area contributed by atoms with Crippen LogP contribution in [0.15, 0.2) is 29.8 Å². The zero-order chi connectivity index (χ0) is 20.9. The van der Waals surface area contributed by atoms with Gasteiger partial charge in [0.25, 0.3) is 5.91 Å². The average Bonchev–Trinajstić information content (AvgIpc) is 3.14. The van der Waals surface area contributed by atoms with Crippen molar-refractivity contribution in [1.82, 2.24) is 4.98 Å². The van der Waals surface area contributed by atoms with Crippen LogP contribution in [-0.2, 0) is 27.0 Å². The molecule has 2 N–H and O–H groups in total. The van der Waals surface area contributed by atoms with Gasteiger partial charge in [-0.15, -0.1) is 22.9 Å². The summed E-state index contributed by atoms with van der Waals surface area (Å²) in [6, 6.07) is 3.10. The Morgan fingerprint density at radius 3 is 2.54 bits per heavy atom. The molecule has 1 unspecified atom stereocenters. The molecule has 0 radical (unpaired) electrons. The second kappa shape index (κ2) is 9.16. The lowest BCUT2D eigenvalue weighted by Crippen LogP contribution is -2.27. The molecule has 150 valence electrons. The van der Waals surface area contributed by atoms with Gasteiger partial charge in [0.05, 0.1) is 11.3 Å². The monoisotopic (exact) mass is 433 g/mol. The third-order valence-electron chi connectivity index (χ3n) is 3.60. The largest absolute Gasteiger partial charge is 0.418 e. The number of ketones is 1. The van der Waals surface area contributed by atoms with Gasteiger partial charge in [-0.05, 0) is 18.1 Å². The van der Waals surface area contributed by atoms with E-state index in [1.807, 2.05) is 0 Å². The molecule has 1 aromatic carbocycles. The Hall–Kier alpha value is -2.46. The Bertz CT molecular complexity index is 872. The second-order valence-electron chi connectivity index (χ2n) is 5.59. The number of aromatic nitrogens is 1. The Labute approximate surface area is 167 Å². The maximum absolute atomic E-state index is 13.4. The predicted octanol–water partition coefficient (Wildman–Crippen LogP) is 3.87. The van der Waals surface area contributed by atoms with Crippen LogP contribution < -0.4 is 10.6 Å². The van der Waals surface area contributed by atoms with Crippen LogP contribution in [-0.4, -0.2) is 28.0 Å². The van der Waals surface area contributed by atoms with Crippen molar-refractivity contribution >= 4 is 51.4 Å². The fraction of sp³-hybridized carbons (Fsp3) is 0.294. The SMILES string of the molecule is CCC(Cl)C(=O)Nc1c(CC(=O)C(=O)Nc2nccs2)cccc1C(F)(F)F. The number of hydrogen-bond acceptors (Lipinski definition) is 5. The van der Waals surface area contributed by atoms with Gasteiger partial charge in [-0.3, -0.25) is 19.7 Å². The maximum atomic E-state index is 13.4. The Balaban J connectivity index is 2.30. The molecule has 6 nitrogen and oxygen atoms in total. The molecule has 11 heteroatoms. The molecule has 0 spiro atoms. The van der Waals surface area contributed by atoms with Crippen LogP contribution in [0.3, 0.4) is 0 Å². The van der Waals surface area contributed by atoms with Gasteiger partial charge in [0.15, 0.2) is 5.13 Å². The minimum Gasteiger partial charge on any atom is -0.324 e. The lowest BCUT2D eigenvalue weighted by molar-refractivity contribution is -0.137. The molecule has 0 aliphatic heterocycles. The zero-order valence-electron chi connectivity index (χ0n) is 14.5. The van der Waals surface area contributed by atoms with Crippen LogP contribution in [0.4, 0.5) is 24.0 Å². The van der Waals surface area contributed by atoms with Crippen molar-refractivity contribution < 1.29 is 27.6 Å². The number of rotatable bonds is 7. The first-order valence-corrected chi connectivity index (χ1v) is 9.32. The Morgan fingerprint density at radius 1 is 1.25 bits per heavy atom. The number of hydrogen-bond donors (Lipinski definition) is 2. The molecule has 1 atom stereocenters. The summed E-state index contributed by atoms with van der Waals surface area (Å²) in [7, 11) is 0. The topological polar surface area (TPSA) is 88.2 Å². The van der Waals surface area contributed by atoms with Gasteiger partial charge in [-0.25, -0.2) is 4.98 Å². The van der Waals surface area contributed by atoms with Crippen molar-refractivity contribution in [2.45, 2.75) is 31.3 Å². The minimum absolute atomic E-state index is 0.151. The number of benzene rings is 1. The number of anilines is 2. The first-order valence-electron chi connectivity index (χ1n) is 8.01. The molecule has 2 amide bonds. The molecule has 28 heavy (non-hydrogen) atoms. The van der Waals surface area contributed by atoms with E-state index in [0.717, 1.165) is 23.5 Å². The summed E-state index contributed by atoms with van der Waals surface area (Å²) in [5, 5.41) is 5.12. The van der Waals surface area contributed by atoms with Crippen molar-refractivity contribution in [1.29, 1.82) is 0 Å².